The highest BCUT2D eigenvalue weighted by atomic mass is 127. The summed E-state index contributed by atoms with van der Waals surface area (Å²) in [5.74, 6) is 2.06. The molecule has 1 aliphatic rings. The highest BCUT2D eigenvalue weighted by molar-refractivity contribution is 14.0. The number of benzene rings is 1. The van der Waals surface area contributed by atoms with Crippen molar-refractivity contribution in [2.45, 2.75) is 19.5 Å². The van der Waals surface area contributed by atoms with E-state index in [0.717, 1.165) is 31.0 Å². The van der Waals surface area contributed by atoms with Crippen molar-refractivity contribution in [3.8, 4) is 11.5 Å². The zero-order valence-electron chi connectivity index (χ0n) is 14.6. The average molecular weight is 492 g/mol. The fourth-order valence-electron chi connectivity index (χ4n) is 2.55. The second-order valence-electron chi connectivity index (χ2n) is 5.58. The number of ether oxygens (including phenoxy) is 2. The van der Waals surface area contributed by atoms with Crippen LogP contribution in [0.15, 0.2) is 35.6 Å². The molecule has 1 aromatic carbocycles. The standard InChI is InChI=1S/C17H22ClN5O2.HI/c1-19-17(20-4-2-6-23-7-3-5-22-23)21-12-13-10-14(18)16-15(11-13)24-8-9-25-16;/h3,5,7,10-11H,2,4,6,8-9,12H2,1H3,(H2,19,20,21);1H. The molecule has 0 unspecified atom stereocenters. The average Bonchev–Trinajstić information content (AvgIpc) is 3.15. The van der Waals surface area contributed by atoms with E-state index in [9.17, 15) is 0 Å². The van der Waals surface area contributed by atoms with Gasteiger partial charge in [0.15, 0.2) is 17.5 Å². The lowest BCUT2D eigenvalue weighted by Crippen LogP contribution is -2.37. The SMILES string of the molecule is CN=C(NCCCn1cccn1)NCc1cc(Cl)c2c(c1)OCCO2.I. The first kappa shape index (κ1) is 20.6. The van der Waals surface area contributed by atoms with Crippen molar-refractivity contribution >= 4 is 41.5 Å². The first-order valence-corrected chi connectivity index (χ1v) is 8.64. The van der Waals surface area contributed by atoms with Gasteiger partial charge in [-0.2, -0.15) is 5.10 Å². The molecule has 142 valence electrons. The minimum absolute atomic E-state index is 0. The largest absolute Gasteiger partial charge is 0.486 e. The molecule has 0 bridgehead atoms. The summed E-state index contributed by atoms with van der Waals surface area (Å²) in [5, 5.41) is 11.3. The fourth-order valence-corrected chi connectivity index (χ4v) is 2.84. The molecule has 1 aliphatic heterocycles. The Labute approximate surface area is 175 Å². The molecule has 0 spiro atoms. The molecule has 0 aliphatic carbocycles. The Kier molecular flexibility index (Phi) is 8.30. The van der Waals surface area contributed by atoms with Crippen molar-refractivity contribution in [3.05, 3.63) is 41.2 Å². The summed E-state index contributed by atoms with van der Waals surface area (Å²) < 4.78 is 13.0. The number of hydrogen-bond acceptors (Lipinski definition) is 4. The highest BCUT2D eigenvalue weighted by Crippen LogP contribution is 2.38. The van der Waals surface area contributed by atoms with Crippen LogP contribution in [-0.4, -0.2) is 42.5 Å². The predicted octanol–water partition coefficient (Wildman–Crippen LogP) is 2.68. The molecule has 0 saturated heterocycles. The van der Waals surface area contributed by atoms with Gasteiger partial charge in [-0.05, 0) is 30.2 Å². The van der Waals surface area contributed by atoms with Crippen LogP contribution in [0.4, 0.5) is 0 Å². The molecule has 2 aromatic rings. The molecule has 0 radical (unpaired) electrons. The monoisotopic (exact) mass is 491 g/mol. The van der Waals surface area contributed by atoms with Crippen LogP contribution >= 0.6 is 35.6 Å². The summed E-state index contributed by atoms with van der Waals surface area (Å²) >= 11 is 6.26. The summed E-state index contributed by atoms with van der Waals surface area (Å²) in [5.41, 5.74) is 1.01. The third-order valence-electron chi connectivity index (χ3n) is 3.76. The second kappa shape index (κ2) is 10.5. The summed E-state index contributed by atoms with van der Waals surface area (Å²) in [4.78, 5) is 4.23. The normalized spacial score (nSPS) is 13.1. The summed E-state index contributed by atoms with van der Waals surface area (Å²) in [7, 11) is 1.75. The van der Waals surface area contributed by atoms with Crippen LogP contribution < -0.4 is 20.1 Å². The number of aromatic nitrogens is 2. The lowest BCUT2D eigenvalue weighted by atomic mass is 10.2. The smallest absolute Gasteiger partial charge is 0.191 e. The molecule has 0 fully saturated rings. The van der Waals surface area contributed by atoms with Crippen LogP contribution in [0.1, 0.15) is 12.0 Å². The maximum absolute atomic E-state index is 6.26. The molecule has 26 heavy (non-hydrogen) atoms. The molecule has 0 atom stereocenters. The third kappa shape index (κ3) is 5.66. The van der Waals surface area contributed by atoms with E-state index < -0.39 is 0 Å². The Hall–Kier alpha value is -1.68. The van der Waals surface area contributed by atoms with Crippen LogP contribution in [0.2, 0.25) is 5.02 Å². The molecule has 9 heteroatoms. The molecular formula is C17H23ClIN5O2. The van der Waals surface area contributed by atoms with Gasteiger partial charge in [0.2, 0.25) is 0 Å². The topological polar surface area (TPSA) is 72.7 Å². The lowest BCUT2D eigenvalue weighted by Gasteiger charge is -2.20. The van der Waals surface area contributed by atoms with Gasteiger partial charge < -0.3 is 20.1 Å². The third-order valence-corrected chi connectivity index (χ3v) is 4.04. The number of rotatable bonds is 6. The second-order valence-corrected chi connectivity index (χ2v) is 5.98. The number of guanidine groups is 1. The molecule has 0 amide bonds. The van der Waals surface area contributed by atoms with Crippen LogP contribution in [0.3, 0.4) is 0 Å². The molecule has 7 nitrogen and oxygen atoms in total. The van der Waals surface area contributed by atoms with E-state index in [1.54, 1.807) is 13.2 Å². The van der Waals surface area contributed by atoms with E-state index in [2.05, 4.69) is 20.7 Å². The molecule has 2 N–H and O–H groups in total. The van der Waals surface area contributed by atoms with E-state index in [1.807, 2.05) is 29.1 Å². The Balaban J connectivity index is 0.00000243. The number of hydrogen-bond donors (Lipinski definition) is 2. The number of fused-ring (bicyclic) bond motifs is 1. The van der Waals surface area contributed by atoms with E-state index in [4.69, 9.17) is 21.1 Å². The highest BCUT2D eigenvalue weighted by Gasteiger charge is 2.16. The van der Waals surface area contributed by atoms with Crippen molar-refractivity contribution in [1.82, 2.24) is 20.4 Å². The van der Waals surface area contributed by atoms with Crippen molar-refractivity contribution in [1.29, 1.82) is 0 Å². The van der Waals surface area contributed by atoms with Gasteiger partial charge in [0.25, 0.3) is 0 Å². The fraction of sp³-hybridized carbons (Fsp3) is 0.412. The van der Waals surface area contributed by atoms with E-state index in [0.29, 0.717) is 36.3 Å². The molecule has 1 aromatic heterocycles. The van der Waals surface area contributed by atoms with Crippen LogP contribution in [0.5, 0.6) is 11.5 Å². The van der Waals surface area contributed by atoms with E-state index in [-0.39, 0.29) is 24.0 Å². The van der Waals surface area contributed by atoms with Gasteiger partial charge in [-0.3, -0.25) is 9.67 Å². The molecule has 3 rings (SSSR count). The first-order chi connectivity index (χ1) is 12.3. The molecular weight excluding hydrogens is 469 g/mol. The number of nitrogens with one attached hydrogen (secondary N) is 2. The molecule has 2 heterocycles. The minimum Gasteiger partial charge on any atom is -0.486 e. The zero-order valence-corrected chi connectivity index (χ0v) is 17.7. The zero-order chi connectivity index (χ0) is 17.5. The van der Waals surface area contributed by atoms with Crippen molar-refractivity contribution in [3.63, 3.8) is 0 Å². The molecule has 0 saturated carbocycles. The maximum atomic E-state index is 6.26. The maximum Gasteiger partial charge on any atom is 0.191 e. The first-order valence-electron chi connectivity index (χ1n) is 8.26. The van der Waals surface area contributed by atoms with Gasteiger partial charge in [-0.15, -0.1) is 24.0 Å². The van der Waals surface area contributed by atoms with Gasteiger partial charge in [-0.1, -0.05) is 11.6 Å². The minimum atomic E-state index is 0. The van der Waals surface area contributed by atoms with Crippen LogP contribution in [-0.2, 0) is 13.1 Å². The predicted molar refractivity (Wildman–Crippen MR) is 113 cm³/mol. The summed E-state index contributed by atoms with van der Waals surface area (Å²) in [6.45, 7) is 3.34. The van der Waals surface area contributed by atoms with Gasteiger partial charge in [0.1, 0.15) is 13.2 Å². The van der Waals surface area contributed by atoms with Gasteiger partial charge in [0, 0.05) is 39.1 Å². The van der Waals surface area contributed by atoms with Crippen molar-refractivity contribution < 1.29 is 9.47 Å². The quantitative estimate of drug-likeness (QED) is 0.281. The summed E-state index contributed by atoms with van der Waals surface area (Å²) in [6, 6.07) is 5.75. The number of aryl methyl sites for hydroxylation is 1. The number of nitrogens with zero attached hydrogens (tertiary/aromatic N) is 3. The Bertz CT molecular complexity index is 724. The van der Waals surface area contributed by atoms with Gasteiger partial charge in [0.05, 0.1) is 5.02 Å². The van der Waals surface area contributed by atoms with Crippen LogP contribution in [0, 0.1) is 0 Å². The van der Waals surface area contributed by atoms with Gasteiger partial charge in [-0.25, -0.2) is 0 Å². The van der Waals surface area contributed by atoms with E-state index >= 15 is 0 Å². The Morgan fingerprint density at radius 2 is 2.15 bits per heavy atom. The number of aliphatic imine (C=N–C) groups is 1. The van der Waals surface area contributed by atoms with Crippen molar-refractivity contribution in [2.75, 3.05) is 26.8 Å². The van der Waals surface area contributed by atoms with Gasteiger partial charge >= 0.3 is 0 Å². The van der Waals surface area contributed by atoms with Crippen LogP contribution in [0.25, 0.3) is 0 Å². The Morgan fingerprint density at radius 3 is 2.92 bits per heavy atom. The Morgan fingerprint density at radius 1 is 1.31 bits per heavy atom. The number of halogens is 2. The summed E-state index contributed by atoms with van der Waals surface area (Å²) in [6.07, 6.45) is 4.70. The van der Waals surface area contributed by atoms with E-state index in [1.165, 1.54) is 0 Å². The lowest BCUT2D eigenvalue weighted by molar-refractivity contribution is 0.171. The van der Waals surface area contributed by atoms with Crippen molar-refractivity contribution in [2.24, 2.45) is 4.99 Å².